The smallest absolute Gasteiger partial charge is 0.265 e. The molecule has 0 bridgehead atoms. The number of nitrogens with one attached hydrogen (secondary N) is 1. The number of nitrogens with zero attached hydrogens (tertiary/aromatic N) is 2. The Balaban J connectivity index is 2.34. The number of nitrogen functional groups attached to an aromatic ring is 1. The first-order chi connectivity index (χ1) is 8.61. The van der Waals surface area contributed by atoms with Gasteiger partial charge in [0.1, 0.15) is 0 Å². The van der Waals surface area contributed by atoms with Gasteiger partial charge in [0.05, 0.1) is 12.2 Å². The van der Waals surface area contributed by atoms with Gasteiger partial charge >= 0.3 is 0 Å². The van der Waals surface area contributed by atoms with Crippen molar-refractivity contribution in [3.05, 3.63) is 52.8 Å². The van der Waals surface area contributed by atoms with Crippen LogP contribution < -0.4 is 11.3 Å². The van der Waals surface area contributed by atoms with Gasteiger partial charge in [-0.2, -0.15) is 5.10 Å². The molecule has 0 aliphatic rings. The predicted molar refractivity (Wildman–Crippen MR) is 68.9 cm³/mol. The maximum absolute atomic E-state index is 11.6. The summed E-state index contributed by atoms with van der Waals surface area (Å²) in [7, 11) is 0. The van der Waals surface area contributed by atoms with Crippen molar-refractivity contribution in [1.29, 1.82) is 0 Å². The van der Waals surface area contributed by atoms with Crippen LogP contribution in [0.15, 0.2) is 30.3 Å². The molecule has 5 heteroatoms. The largest absolute Gasteiger partial charge is 0.290 e. The van der Waals surface area contributed by atoms with Crippen molar-refractivity contribution in [3.8, 4) is 0 Å². The number of amides is 1. The first-order valence-electron chi connectivity index (χ1n) is 5.71. The Labute approximate surface area is 106 Å². The van der Waals surface area contributed by atoms with Crippen LogP contribution in [0.5, 0.6) is 0 Å². The second-order valence-electron chi connectivity index (χ2n) is 4.22. The molecule has 1 aromatic heterocycles. The zero-order valence-corrected chi connectivity index (χ0v) is 10.5. The lowest BCUT2D eigenvalue weighted by Gasteiger charge is -2.09. The van der Waals surface area contributed by atoms with E-state index in [1.165, 1.54) is 0 Å². The molecule has 94 valence electrons. The van der Waals surface area contributed by atoms with Gasteiger partial charge in [0.25, 0.3) is 5.91 Å². The van der Waals surface area contributed by atoms with Crippen LogP contribution in [0.1, 0.15) is 27.3 Å². The summed E-state index contributed by atoms with van der Waals surface area (Å²) >= 11 is 0. The third kappa shape index (κ3) is 2.41. The van der Waals surface area contributed by atoms with Crippen molar-refractivity contribution in [2.75, 3.05) is 0 Å². The van der Waals surface area contributed by atoms with E-state index < -0.39 is 0 Å². The van der Waals surface area contributed by atoms with Crippen molar-refractivity contribution < 1.29 is 4.79 Å². The number of benzene rings is 1. The normalized spacial score (nSPS) is 10.4. The fourth-order valence-electron chi connectivity index (χ4n) is 1.95. The Kier molecular flexibility index (Phi) is 3.43. The van der Waals surface area contributed by atoms with E-state index in [0.29, 0.717) is 12.1 Å². The molecule has 1 aromatic carbocycles. The highest BCUT2D eigenvalue weighted by molar-refractivity contribution is 5.95. The molecule has 5 nitrogen and oxygen atoms in total. The van der Waals surface area contributed by atoms with Crippen LogP contribution in [0.2, 0.25) is 0 Å². The van der Waals surface area contributed by atoms with E-state index >= 15 is 0 Å². The monoisotopic (exact) mass is 244 g/mol. The molecule has 2 aromatic rings. The number of nitrogens with two attached hydrogens (primary N) is 1. The number of carbonyl (C=O) groups is 1. The zero-order valence-electron chi connectivity index (χ0n) is 10.5. The van der Waals surface area contributed by atoms with Crippen molar-refractivity contribution in [3.63, 3.8) is 0 Å². The van der Waals surface area contributed by atoms with E-state index in [1.54, 1.807) is 6.07 Å². The number of hydrogen-bond donors (Lipinski definition) is 2. The second kappa shape index (κ2) is 5.01. The van der Waals surface area contributed by atoms with Crippen molar-refractivity contribution in [1.82, 2.24) is 15.2 Å². The maximum Gasteiger partial charge on any atom is 0.265 e. The molecule has 0 radical (unpaired) electrons. The van der Waals surface area contributed by atoms with Crippen LogP contribution in [0, 0.1) is 13.8 Å². The Bertz CT molecular complexity index is 574. The van der Waals surface area contributed by atoms with E-state index in [2.05, 4.69) is 10.5 Å². The molecule has 0 spiro atoms. The molecule has 3 N–H and O–H groups in total. The summed E-state index contributed by atoms with van der Waals surface area (Å²) in [4.78, 5) is 11.6. The van der Waals surface area contributed by atoms with Crippen molar-refractivity contribution in [2.24, 2.45) is 5.84 Å². The topological polar surface area (TPSA) is 72.9 Å². The van der Waals surface area contributed by atoms with Gasteiger partial charge in [-0.3, -0.25) is 14.9 Å². The molecule has 18 heavy (non-hydrogen) atoms. The molecule has 0 unspecified atom stereocenters. The lowest BCUT2D eigenvalue weighted by Crippen LogP contribution is -2.31. The third-order valence-electron chi connectivity index (χ3n) is 2.82. The number of aromatic nitrogens is 2. The first-order valence-corrected chi connectivity index (χ1v) is 5.71. The van der Waals surface area contributed by atoms with Gasteiger partial charge in [-0.25, -0.2) is 5.84 Å². The lowest BCUT2D eigenvalue weighted by molar-refractivity contribution is 0.0952. The molecule has 1 heterocycles. The Morgan fingerprint density at radius 1 is 1.39 bits per heavy atom. The van der Waals surface area contributed by atoms with Gasteiger partial charge < -0.3 is 0 Å². The standard InChI is InChI=1S/C13H16N4O/c1-9-7-10(2)17(16-9)8-11-5-3-4-6-12(11)13(18)15-14/h3-7H,8,14H2,1-2H3,(H,15,18). The van der Waals surface area contributed by atoms with Crippen molar-refractivity contribution >= 4 is 5.91 Å². The SMILES string of the molecule is Cc1cc(C)n(Cc2ccccc2C(=O)NN)n1. The van der Waals surface area contributed by atoms with E-state index in [9.17, 15) is 4.79 Å². The highest BCUT2D eigenvalue weighted by Crippen LogP contribution is 2.12. The Morgan fingerprint density at radius 3 is 2.72 bits per heavy atom. The molecule has 0 fully saturated rings. The summed E-state index contributed by atoms with van der Waals surface area (Å²) in [6.45, 7) is 4.50. The summed E-state index contributed by atoms with van der Waals surface area (Å²) in [5.74, 6) is 4.89. The molecule has 0 aliphatic carbocycles. The lowest BCUT2D eigenvalue weighted by atomic mass is 10.1. The number of carbonyl (C=O) groups excluding carboxylic acids is 1. The first kappa shape index (κ1) is 12.3. The van der Waals surface area contributed by atoms with Crippen LogP contribution in [-0.4, -0.2) is 15.7 Å². The highest BCUT2D eigenvalue weighted by Gasteiger charge is 2.11. The molecular weight excluding hydrogens is 228 g/mol. The van der Waals surface area contributed by atoms with Crippen LogP contribution >= 0.6 is 0 Å². The minimum Gasteiger partial charge on any atom is -0.290 e. The minimum atomic E-state index is -0.285. The summed E-state index contributed by atoms with van der Waals surface area (Å²) in [6, 6.07) is 9.37. The van der Waals surface area contributed by atoms with Gasteiger partial charge in [-0.15, -0.1) is 0 Å². The molecule has 0 saturated heterocycles. The molecular formula is C13H16N4O. The quantitative estimate of drug-likeness (QED) is 0.483. The van der Waals surface area contributed by atoms with Crippen LogP contribution in [-0.2, 0) is 6.54 Å². The van der Waals surface area contributed by atoms with Crippen LogP contribution in [0.25, 0.3) is 0 Å². The molecule has 0 saturated carbocycles. The number of rotatable bonds is 3. The van der Waals surface area contributed by atoms with Crippen LogP contribution in [0.3, 0.4) is 0 Å². The average Bonchev–Trinajstić information content (AvgIpc) is 2.67. The van der Waals surface area contributed by atoms with Crippen molar-refractivity contribution in [2.45, 2.75) is 20.4 Å². The fourth-order valence-corrected chi connectivity index (χ4v) is 1.95. The number of aryl methyl sites for hydroxylation is 2. The number of hydrazine groups is 1. The Hall–Kier alpha value is -2.14. The summed E-state index contributed by atoms with van der Waals surface area (Å²) in [6.07, 6.45) is 0. The summed E-state index contributed by atoms with van der Waals surface area (Å²) < 4.78 is 1.87. The van der Waals surface area contributed by atoms with Gasteiger partial charge in [-0.05, 0) is 31.5 Å². The second-order valence-corrected chi connectivity index (χ2v) is 4.22. The van der Waals surface area contributed by atoms with Crippen LogP contribution in [0.4, 0.5) is 0 Å². The molecule has 1 amide bonds. The van der Waals surface area contributed by atoms with E-state index in [-0.39, 0.29) is 5.91 Å². The molecule has 2 rings (SSSR count). The molecule has 0 aliphatic heterocycles. The average molecular weight is 244 g/mol. The van der Waals surface area contributed by atoms with E-state index in [0.717, 1.165) is 17.0 Å². The number of hydrogen-bond acceptors (Lipinski definition) is 3. The Morgan fingerprint density at radius 2 is 2.11 bits per heavy atom. The summed E-state index contributed by atoms with van der Waals surface area (Å²) in [5, 5.41) is 4.39. The maximum atomic E-state index is 11.6. The van der Waals surface area contributed by atoms with Gasteiger partial charge in [0.15, 0.2) is 0 Å². The fraction of sp³-hybridized carbons (Fsp3) is 0.231. The zero-order chi connectivity index (χ0) is 13.1. The summed E-state index contributed by atoms with van der Waals surface area (Å²) in [5.41, 5.74) is 5.66. The minimum absolute atomic E-state index is 0.285. The van der Waals surface area contributed by atoms with Gasteiger partial charge in [0, 0.05) is 11.3 Å². The van der Waals surface area contributed by atoms with E-state index in [4.69, 9.17) is 5.84 Å². The van der Waals surface area contributed by atoms with Gasteiger partial charge in [-0.1, -0.05) is 18.2 Å². The third-order valence-corrected chi connectivity index (χ3v) is 2.82. The molecule has 0 atom stereocenters. The highest BCUT2D eigenvalue weighted by atomic mass is 16.2. The predicted octanol–water partition coefficient (Wildman–Crippen LogP) is 1.15. The van der Waals surface area contributed by atoms with Gasteiger partial charge in [0.2, 0.25) is 0 Å². The van der Waals surface area contributed by atoms with E-state index in [1.807, 2.05) is 42.8 Å².